The highest BCUT2D eigenvalue weighted by atomic mass is 35.5. The summed E-state index contributed by atoms with van der Waals surface area (Å²) in [5.41, 5.74) is -1.21. The highest BCUT2D eigenvalue weighted by Crippen LogP contribution is 2.32. The number of ether oxygens (including phenoxy) is 1. The van der Waals surface area contributed by atoms with E-state index in [-0.39, 0.29) is 24.9 Å². The first-order valence-electron chi connectivity index (χ1n) is 9.73. The van der Waals surface area contributed by atoms with E-state index in [1.165, 1.54) is 22.5 Å². The average Bonchev–Trinajstić information content (AvgIpc) is 3.11. The van der Waals surface area contributed by atoms with Gasteiger partial charge in [-0.2, -0.15) is 13.2 Å². The van der Waals surface area contributed by atoms with Gasteiger partial charge in [0, 0.05) is 13.1 Å². The maximum Gasteiger partial charge on any atom is 0.416 e. The molecule has 0 saturated carbocycles. The molecular weight excluding hydrogens is 469 g/mol. The molecule has 0 saturated heterocycles. The van der Waals surface area contributed by atoms with Crippen molar-refractivity contribution in [2.75, 3.05) is 19.7 Å². The molecule has 0 fully saturated rings. The summed E-state index contributed by atoms with van der Waals surface area (Å²) < 4.78 is 45.1. The molecule has 2 heterocycles. The Hall–Kier alpha value is -3.12. The van der Waals surface area contributed by atoms with Gasteiger partial charge in [0.05, 0.1) is 12.1 Å². The van der Waals surface area contributed by atoms with Gasteiger partial charge in [0.25, 0.3) is 0 Å². The lowest BCUT2D eigenvalue weighted by Crippen LogP contribution is -2.41. The Morgan fingerprint density at radius 2 is 2.12 bits per heavy atom. The zero-order valence-corrected chi connectivity index (χ0v) is 18.1. The van der Waals surface area contributed by atoms with Gasteiger partial charge in [-0.05, 0) is 58.1 Å². The summed E-state index contributed by atoms with van der Waals surface area (Å²) >= 11 is 5.83. The lowest BCUT2D eigenvalue weighted by molar-refractivity contribution is -0.389. The molecule has 1 aliphatic heterocycles. The third-order valence-electron chi connectivity index (χ3n) is 4.95. The molecule has 1 aromatic heterocycles. The summed E-state index contributed by atoms with van der Waals surface area (Å²) in [5, 5.41) is 21.1. The number of aliphatic hydroxyl groups is 1. The second-order valence-corrected chi connectivity index (χ2v) is 8.15. The molecule has 0 bridgehead atoms. The Labute approximate surface area is 191 Å². The summed E-state index contributed by atoms with van der Waals surface area (Å²) in [5.74, 6) is -0.482. The molecule has 1 aromatic carbocycles. The van der Waals surface area contributed by atoms with Crippen LogP contribution in [-0.2, 0) is 17.5 Å². The fourth-order valence-electron chi connectivity index (χ4n) is 3.29. The van der Waals surface area contributed by atoms with Crippen molar-refractivity contribution >= 4 is 29.1 Å². The third-order valence-corrected chi connectivity index (χ3v) is 5.25. The van der Waals surface area contributed by atoms with Gasteiger partial charge in [0.2, 0.25) is 0 Å². The minimum atomic E-state index is -4.44. The summed E-state index contributed by atoms with van der Waals surface area (Å²) in [7, 11) is 0. The van der Waals surface area contributed by atoms with Crippen LogP contribution in [0.4, 0.5) is 23.8 Å². The van der Waals surface area contributed by atoms with Crippen LogP contribution in [0.2, 0.25) is 5.28 Å². The van der Waals surface area contributed by atoms with E-state index in [9.17, 15) is 33.2 Å². The van der Waals surface area contributed by atoms with Gasteiger partial charge in [-0.25, -0.2) is 4.79 Å². The summed E-state index contributed by atoms with van der Waals surface area (Å²) in [6.45, 7) is 1.09. The molecule has 9 nitrogen and oxygen atoms in total. The SMILES string of the molecule is C[C@](O)(COC(=O)N1CC=C(c2cccc(C(F)(F)F)c2)CC1)Cn1cc([N+](=O)[O-])nc1Cl. The van der Waals surface area contributed by atoms with Gasteiger partial charge in [0.15, 0.2) is 0 Å². The zero-order chi connectivity index (χ0) is 24.4. The number of imidazole rings is 1. The van der Waals surface area contributed by atoms with E-state index in [4.69, 9.17) is 16.3 Å². The van der Waals surface area contributed by atoms with E-state index in [1.807, 2.05) is 0 Å². The molecule has 178 valence electrons. The smallest absolute Gasteiger partial charge is 0.416 e. The predicted octanol–water partition coefficient (Wildman–Crippen LogP) is 4.14. The molecule has 1 atom stereocenters. The Kier molecular flexibility index (Phi) is 6.98. The topological polar surface area (TPSA) is 111 Å². The molecule has 0 spiro atoms. The number of aromatic nitrogens is 2. The van der Waals surface area contributed by atoms with Gasteiger partial charge >= 0.3 is 23.4 Å². The molecule has 0 aliphatic carbocycles. The first-order valence-corrected chi connectivity index (χ1v) is 10.1. The fourth-order valence-corrected chi connectivity index (χ4v) is 3.49. The Balaban J connectivity index is 1.57. The average molecular weight is 489 g/mol. The number of halogens is 4. The number of alkyl halides is 3. The van der Waals surface area contributed by atoms with Crippen molar-refractivity contribution in [3.05, 3.63) is 63.1 Å². The van der Waals surface area contributed by atoms with Crippen LogP contribution < -0.4 is 0 Å². The number of nitro groups is 1. The summed E-state index contributed by atoms with van der Waals surface area (Å²) in [6, 6.07) is 4.99. The van der Waals surface area contributed by atoms with Crippen LogP contribution in [0.1, 0.15) is 24.5 Å². The Morgan fingerprint density at radius 3 is 2.70 bits per heavy atom. The lowest BCUT2D eigenvalue weighted by Gasteiger charge is -2.28. The molecule has 0 radical (unpaired) electrons. The summed E-state index contributed by atoms with van der Waals surface area (Å²) in [6.07, 6.45) is -2.10. The monoisotopic (exact) mass is 488 g/mol. The van der Waals surface area contributed by atoms with Crippen molar-refractivity contribution in [2.45, 2.75) is 31.7 Å². The van der Waals surface area contributed by atoms with E-state index < -0.39 is 40.8 Å². The molecule has 1 N–H and O–H groups in total. The first kappa shape index (κ1) is 24.5. The van der Waals surface area contributed by atoms with E-state index >= 15 is 0 Å². The number of carbonyl (C=O) groups excluding carboxylic acids is 1. The van der Waals surface area contributed by atoms with Crippen molar-refractivity contribution in [2.24, 2.45) is 0 Å². The second-order valence-electron chi connectivity index (χ2n) is 7.81. The van der Waals surface area contributed by atoms with Crippen molar-refractivity contribution in [1.29, 1.82) is 0 Å². The molecule has 0 unspecified atom stereocenters. The number of amides is 1. The predicted molar refractivity (Wildman–Crippen MR) is 111 cm³/mol. The normalized spacial score (nSPS) is 16.2. The van der Waals surface area contributed by atoms with Crippen molar-refractivity contribution in [3.63, 3.8) is 0 Å². The molecule has 33 heavy (non-hydrogen) atoms. The number of benzene rings is 1. The zero-order valence-electron chi connectivity index (χ0n) is 17.4. The van der Waals surface area contributed by atoms with E-state index in [0.29, 0.717) is 17.6 Å². The second kappa shape index (κ2) is 9.40. The van der Waals surface area contributed by atoms with Gasteiger partial charge in [-0.1, -0.05) is 18.2 Å². The molecule has 2 aromatic rings. The van der Waals surface area contributed by atoms with Crippen molar-refractivity contribution in [1.82, 2.24) is 14.5 Å². The number of nitrogens with zero attached hydrogens (tertiary/aromatic N) is 4. The van der Waals surface area contributed by atoms with Crippen LogP contribution in [0, 0.1) is 10.1 Å². The standard InChI is InChI=1S/C20H20ClF3N4O5/c1-19(30,11-27-10-16(28(31)32)25-17(27)21)12-33-18(29)26-7-5-13(6-8-26)14-3-2-4-15(9-14)20(22,23)24/h2-5,9-10,30H,6-8,11-12H2,1H3/t19-/m1/s1. The van der Waals surface area contributed by atoms with Gasteiger partial charge < -0.3 is 24.9 Å². The molecule has 3 rings (SSSR count). The van der Waals surface area contributed by atoms with E-state index in [2.05, 4.69) is 4.98 Å². The Bertz CT molecular complexity index is 1080. The molecule has 13 heteroatoms. The fraction of sp³-hybridized carbons (Fsp3) is 0.400. The molecular formula is C20H20ClF3N4O5. The number of hydrogen-bond acceptors (Lipinski definition) is 6. The third kappa shape index (κ3) is 6.23. The van der Waals surface area contributed by atoms with Crippen molar-refractivity contribution in [3.8, 4) is 0 Å². The van der Waals surface area contributed by atoms with Gasteiger partial charge in [-0.15, -0.1) is 0 Å². The van der Waals surface area contributed by atoms with Gasteiger partial charge in [-0.3, -0.25) is 4.57 Å². The number of hydrogen-bond donors (Lipinski definition) is 1. The Morgan fingerprint density at radius 1 is 1.39 bits per heavy atom. The van der Waals surface area contributed by atoms with Crippen LogP contribution in [0.3, 0.4) is 0 Å². The minimum absolute atomic E-state index is 0.131. The first-order chi connectivity index (χ1) is 15.4. The largest absolute Gasteiger partial charge is 0.446 e. The lowest BCUT2D eigenvalue weighted by atomic mass is 9.98. The maximum atomic E-state index is 12.9. The van der Waals surface area contributed by atoms with Crippen LogP contribution in [0.15, 0.2) is 36.5 Å². The number of rotatable bonds is 6. The highest BCUT2D eigenvalue weighted by molar-refractivity contribution is 6.28. The number of carbonyl (C=O) groups is 1. The van der Waals surface area contributed by atoms with Crippen LogP contribution in [0.5, 0.6) is 0 Å². The molecule has 1 aliphatic rings. The van der Waals surface area contributed by atoms with Gasteiger partial charge in [0.1, 0.15) is 18.4 Å². The van der Waals surface area contributed by atoms with Crippen LogP contribution >= 0.6 is 11.6 Å². The minimum Gasteiger partial charge on any atom is -0.446 e. The summed E-state index contributed by atoms with van der Waals surface area (Å²) in [4.78, 5) is 27.3. The van der Waals surface area contributed by atoms with Crippen LogP contribution in [-0.4, -0.2) is 55.9 Å². The van der Waals surface area contributed by atoms with E-state index in [0.717, 1.165) is 18.3 Å². The van der Waals surface area contributed by atoms with E-state index in [1.54, 1.807) is 12.1 Å². The maximum absolute atomic E-state index is 12.9. The quantitative estimate of drug-likeness (QED) is 0.483. The van der Waals surface area contributed by atoms with Crippen molar-refractivity contribution < 1.29 is 32.7 Å². The highest BCUT2D eigenvalue weighted by Gasteiger charge is 2.31. The molecule has 1 amide bonds. The van der Waals surface area contributed by atoms with Crippen LogP contribution in [0.25, 0.3) is 5.57 Å².